The lowest BCUT2D eigenvalue weighted by atomic mass is 10.5. The summed E-state index contributed by atoms with van der Waals surface area (Å²) in [5.74, 6) is 0.323. The molecule has 0 spiro atoms. The molecule has 0 aliphatic rings. The highest BCUT2D eigenvalue weighted by atomic mass is 32.1. The van der Waals surface area contributed by atoms with Crippen molar-refractivity contribution in [1.82, 2.24) is 0 Å². The van der Waals surface area contributed by atoms with Crippen LogP contribution in [0.15, 0.2) is 0 Å². The molecule has 0 atom stereocenters. The molecule has 0 unspecified atom stereocenters. The fourth-order valence-corrected chi connectivity index (χ4v) is 0.364. The Kier molecular flexibility index (Phi) is 7.52. The van der Waals surface area contributed by atoms with E-state index in [-0.39, 0.29) is 0 Å². The summed E-state index contributed by atoms with van der Waals surface area (Å²) in [7, 11) is 0. The van der Waals surface area contributed by atoms with Crippen molar-refractivity contribution in [3.05, 3.63) is 0 Å². The lowest BCUT2D eigenvalue weighted by Crippen LogP contribution is -1.98. The zero-order valence-corrected chi connectivity index (χ0v) is 5.87. The zero-order valence-electron chi connectivity index (χ0n) is 5.05. The summed E-state index contributed by atoms with van der Waals surface area (Å²) in [5, 5.41) is 0. The van der Waals surface area contributed by atoms with E-state index in [4.69, 9.17) is 9.47 Å². The Hall–Kier alpha value is 0.270. The van der Waals surface area contributed by atoms with Gasteiger partial charge in [0.05, 0.1) is 0 Å². The Morgan fingerprint density at radius 3 is 2.62 bits per heavy atom. The molecule has 8 heavy (non-hydrogen) atoms. The van der Waals surface area contributed by atoms with E-state index < -0.39 is 0 Å². The van der Waals surface area contributed by atoms with Crippen LogP contribution in [0, 0.1) is 0 Å². The molecule has 0 bridgehead atoms. The van der Waals surface area contributed by atoms with Gasteiger partial charge < -0.3 is 9.47 Å². The van der Waals surface area contributed by atoms with Gasteiger partial charge in [-0.1, -0.05) is 19.6 Å². The molecule has 0 rings (SSSR count). The molecule has 0 saturated carbocycles. The quantitative estimate of drug-likeness (QED) is 0.420. The van der Waals surface area contributed by atoms with Crippen molar-refractivity contribution in [2.75, 3.05) is 19.3 Å². The van der Waals surface area contributed by atoms with E-state index >= 15 is 0 Å². The van der Waals surface area contributed by atoms with Gasteiger partial charge in [0.1, 0.15) is 12.7 Å². The Morgan fingerprint density at radius 1 is 1.38 bits per heavy atom. The van der Waals surface area contributed by atoms with Gasteiger partial charge in [0, 0.05) is 6.61 Å². The molecule has 0 aliphatic heterocycles. The SMILES string of the molecule is CCCOCOC[S]. The summed E-state index contributed by atoms with van der Waals surface area (Å²) in [6.07, 6.45) is 1.03. The Morgan fingerprint density at radius 2 is 2.12 bits per heavy atom. The zero-order chi connectivity index (χ0) is 6.24. The number of hydrogen-bond donors (Lipinski definition) is 0. The predicted molar refractivity (Wildman–Crippen MR) is 34.7 cm³/mol. The molecule has 0 N–H and O–H groups in total. The van der Waals surface area contributed by atoms with Crippen molar-refractivity contribution in [2.24, 2.45) is 0 Å². The monoisotopic (exact) mass is 135 g/mol. The molecule has 0 aromatic carbocycles. The average Bonchev–Trinajstić information content (AvgIpc) is 1.81. The summed E-state index contributed by atoms with van der Waals surface area (Å²) < 4.78 is 9.66. The minimum atomic E-state index is 0.323. The first-order valence-electron chi connectivity index (χ1n) is 2.65. The Labute approximate surface area is 55.6 Å². The minimum absolute atomic E-state index is 0.323. The molecule has 0 saturated heterocycles. The smallest absolute Gasteiger partial charge is 0.147 e. The van der Waals surface area contributed by atoms with Gasteiger partial charge in [-0.2, -0.15) is 0 Å². The Bertz CT molecular complexity index is 35.4. The van der Waals surface area contributed by atoms with E-state index in [0.29, 0.717) is 12.7 Å². The van der Waals surface area contributed by atoms with E-state index in [2.05, 4.69) is 12.6 Å². The fraction of sp³-hybridized carbons (Fsp3) is 1.00. The van der Waals surface area contributed by atoms with Crippen molar-refractivity contribution in [1.29, 1.82) is 0 Å². The van der Waals surface area contributed by atoms with Crippen LogP contribution in [0.25, 0.3) is 0 Å². The lowest BCUT2D eigenvalue weighted by molar-refractivity contribution is -0.0356. The third-order valence-electron chi connectivity index (χ3n) is 0.598. The summed E-state index contributed by atoms with van der Waals surface area (Å²) >= 11 is 4.50. The van der Waals surface area contributed by atoms with Crippen molar-refractivity contribution in [3.63, 3.8) is 0 Å². The van der Waals surface area contributed by atoms with Crippen LogP contribution in [0.4, 0.5) is 0 Å². The number of rotatable bonds is 5. The second-order valence-corrected chi connectivity index (χ2v) is 1.58. The maximum absolute atomic E-state index is 4.93. The van der Waals surface area contributed by atoms with Gasteiger partial charge in [-0.25, -0.2) is 0 Å². The van der Waals surface area contributed by atoms with Crippen LogP contribution in [0.3, 0.4) is 0 Å². The first kappa shape index (κ1) is 8.27. The van der Waals surface area contributed by atoms with Crippen molar-refractivity contribution in [3.8, 4) is 0 Å². The van der Waals surface area contributed by atoms with Crippen LogP contribution in [0.2, 0.25) is 0 Å². The lowest BCUT2D eigenvalue weighted by Gasteiger charge is -1.98. The van der Waals surface area contributed by atoms with Gasteiger partial charge in [-0.15, -0.1) is 0 Å². The van der Waals surface area contributed by atoms with E-state index in [0.717, 1.165) is 13.0 Å². The Balaban J connectivity index is 2.53. The van der Waals surface area contributed by atoms with E-state index in [1.54, 1.807) is 0 Å². The standard InChI is InChI=1S/C5H11O2S/c1-2-3-6-4-7-5-8/h2-5H2,1H3. The molecule has 3 heteroatoms. The molecular weight excluding hydrogens is 124 g/mol. The van der Waals surface area contributed by atoms with Crippen LogP contribution in [0.5, 0.6) is 0 Å². The minimum Gasteiger partial charge on any atom is -0.355 e. The maximum atomic E-state index is 4.93. The van der Waals surface area contributed by atoms with Gasteiger partial charge in [-0.05, 0) is 6.42 Å². The molecule has 0 heterocycles. The van der Waals surface area contributed by atoms with Crippen LogP contribution in [-0.2, 0) is 9.47 Å². The predicted octanol–water partition coefficient (Wildman–Crippen LogP) is 1.54. The highest BCUT2D eigenvalue weighted by Gasteiger charge is 1.81. The van der Waals surface area contributed by atoms with E-state index in [1.165, 1.54) is 0 Å². The largest absolute Gasteiger partial charge is 0.355 e. The maximum Gasteiger partial charge on any atom is 0.147 e. The van der Waals surface area contributed by atoms with Crippen molar-refractivity contribution in [2.45, 2.75) is 13.3 Å². The van der Waals surface area contributed by atoms with Gasteiger partial charge in [0.15, 0.2) is 0 Å². The average molecular weight is 135 g/mol. The topological polar surface area (TPSA) is 18.5 Å². The second kappa shape index (κ2) is 7.27. The summed E-state index contributed by atoms with van der Waals surface area (Å²) in [4.78, 5) is 0. The van der Waals surface area contributed by atoms with Gasteiger partial charge in [0.2, 0.25) is 0 Å². The molecule has 1 radical (unpaired) electrons. The number of hydrogen-bond acceptors (Lipinski definition) is 2. The summed E-state index contributed by atoms with van der Waals surface area (Å²) in [6, 6.07) is 0. The first-order valence-corrected chi connectivity index (χ1v) is 3.23. The van der Waals surface area contributed by atoms with E-state index in [9.17, 15) is 0 Å². The molecule has 0 aliphatic carbocycles. The molecule has 0 amide bonds. The van der Waals surface area contributed by atoms with Crippen LogP contribution in [-0.4, -0.2) is 19.3 Å². The van der Waals surface area contributed by atoms with Gasteiger partial charge >= 0.3 is 0 Å². The van der Waals surface area contributed by atoms with Crippen molar-refractivity contribution < 1.29 is 9.47 Å². The molecule has 0 fully saturated rings. The normalized spacial score (nSPS) is 9.75. The summed E-state index contributed by atoms with van der Waals surface area (Å²) in [5.41, 5.74) is 0. The van der Waals surface area contributed by atoms with Crippen LogP contribution in [0.1, 0.15) is 13.3 Å². The molecule has 0 aromatic rings. The highest BCUT2D eigenvalue weighted by molar-refractivity contribution is 7.80. The summed E-state index contributed by atoms with van der Waals surface area (Å²) in [6.45, 7) is 3.15. The molecule has 0 aromatic heterocycles. The fourth-order valence-electron chi connectivity index (χ4n) is 0.296. The van der Waals surface area contributed by atoms with E-state index in [1.807, 2.05) is 6.92 Å². The third kappa shape index (κ3) is 6.27. The molecule has 49 valence electrons. The third-order valence-corrected chi connectivity index (χ3v) is 0.765. The van der Waals surface area contributed by atoms with Gasteiger partial charge in [0.25, 0.3) is 0 Å². The van der Waals surface area contributed by atoms with Crippen LogP contribution >= 0.6 is 12.6 Å². The first-order chi connectivity index (χ1) is 3.91. The number of ether oxygens (including phenoxy) is 2. The molecular formula is C5H11O2S. The second-order valence-electron chi connectivity index (χ2n) is 1.35. The highest BCUT2D eigenvalue weighted by Crippen LogP contribution is 1.82. The van der Waals surface area contributed by atoms with Gasteiger partial charge in [-0.3, -0.25) is 0 Å². The molecule has 2 nitrogen and oxygen atoms in total. The van der Waals surface area contributed by atoms with Crippen molar-refractivity contribution >= 4 is 12.6 Å². The van der Waals surface area contributed by atoms with Crippen LogP contribution < -0.4 is 0 Å².